The number of pyridine rings is 1. The van der Waals surface area contributed by atoms with Gasteiger partial charge < -0.3 is 9.80 Å². The van der Waals surface area contributed by atoms with Gasteiger partial charge in [0.05, 0.1) is 35.8 Å². The van der Waals surface area contributed by atoms with Gasteiger partial charge >= 0.3 is 6.18 Å². The van der Waals surface area contributed by atoms with Gasteiger partial charge in [-0.3, -0.25) is 19.0 Å². The molecular formula is C26H25F3N10O. The van der Waals surface area contributed by atoms with Gasteiger partial charge in [0, 0.05) is 56.0 Å². The van der Waals surface area contributed by atoms with Gasteiger partial charge in [-0.15, -0.1) is 0 Å². The maximum Gasteiger partial charge on any atom is 0.417 e. The van der Waals surface area contributed by atoms with Crippen LogP contribution in [0.3, 0.4) is 0 Å². The third-order valence-corrected chi connectivity index (χ3v) is 6.95. The van der Waals surface area contributed by atoms with Crippen molar-refractivity contribution in [3.63, 3.8) is 0 Å². The molecule has 0 aromatic carbocycles. The molecule has 1 atom stereocenters. The summed E-state index contributed by atoms with van der Waals surface area (Å²) < 4.78 is 43.1. The number of aromatic amines is 1. The Morgan fingerprint density at radius 3 is 2.65 bits per heavy atom. The summed E-state index contributed by atoms with van der Waals surface area (Å²) in [5, 5.41) is 11.2. The number of nitrogens with one attached hydrogen (secondary N) is 1. The SMILES string of the molecule is CC(C)n1cc(C(=O)N2CCN(c3ccnc(-c4cnc5ccc(C(F)(F)F)cn45)n3)CC2c2cn[nH]c2)cn1. The molecule has 1 fully saturated rings. The van der Waals surface area contributed by atoms with Crippen LogP contribution in [0, 0.1) is 0 Å². The smallest absolute Gasteiger partial charge is 0.352 e. The lowest BCUT2D eigenvalue weighted by atomic mass is 10.0. The molecule has 0 radical (unpaired) electrons. The third kappa shape index (κ3) is 4.65. The zero-order valence-electron chi connectivity index (χ0n) is 21.6. The topological polar surface area (TPSA) is 113 Å². The number of anilines is 1. The fourth-order valence-corrected chi connectivity index (χ4v) is 4.82. The van der Waals surface area contributed by atoms with Crippen molar-refractivity contribution in [2.45, 2.75) is 32.1 Å². The van der Waals surface area contributed by atoms with E-state index in [0.717, 1.165) is 17.8 Å². The lowest BCUT2D eigenvalue weighted by Crippen LogP contribution is -2.51. The van der Waals surface area contributed by atoms with Gasteiger partial charge in [0.1, 0.15) is 17.2 Å². The molecule has 5 aromatic heterocycles. The van der Waals surface area contributed by atoms with Gasteiger partial charge in [0.15, 0.2) is 5.82 Å². The Bertz CT molecular complexity index is 1660. The van der Waals surface area contributed by atoms with Crippen molar-refractivity contribution in [2.75, 3.05) is 24.5 Å². The molecular weight excluding hydrogens is 525 g/mol. The molecule has 5 aromatic rings. The Morgan fingerprint density at radius 1 is 1.07 bits per heavy atom. The molecule has 1 amide bonds. The number of amides is 1. The van der Waals surface area contributed by atoms with E-state index in [1.54, 1.807) is 46.6 Å². The number of halogens is 3. The Kier molecular flexibility index (Phi) is 6.24. The monoisotopic (exact) mass is 550 g/mol. The normalized spacial score (nSPS) is 16.3. The largest absolute Gasteiger partial charge is 0.417 e. The number of aromatic nitrogens is 8. The predicted molar refractivity (Wildman–Crippen MR) is 138 cm³/mol. The van der Waals surface area contributed by atoms with Crippen LogP contribution >= 0.6 is 0 Å². The first-order chi connectivity index (χ1) is 19.2. The van der Waals surface area contributed by atoms with Crippen molar-refractivity contribution < 1.29 is 18.0 Å². The molecule has 0 spiro atoms. The molecule has 0 aliphatic carbocycles. The second-order valence-corrected chi connectivity index (χ2v) is 9.82. The molecule has 40 heavy (non-hydrogen) atoms. The van der Waals surface area contributed by atoms with Crippen molar-refractivity contribution in [3.8, 4) is 11.5 Å². The highest BCUT2D eigenvalue weighted by atomic mass is 19.4. The number of hydrogen-bond acceptors (Lipinski definition) is 7. The van der Waals surface area contributed by atoms with Gasteiger partial charge in [-0.25, -0.2) is 15.0 Å². The van der Waals surface area contributed by atoms with Crippen LogP contribution in [0.5, 0.6) is 0 Å². The number of fused-ring (bicyclic) bond motifs is 1. The van der Waals surface area contributed by atoms with E-state index in [1.165, 1.54) is 16.7 Å². The lowest BCUT2D eigenvalue weighted by molar-refractivity contribution is -0.137. The first-order valence-corrected chi connectivity index (χ1v) is 12.7. The summed E-state index contributed by atoms with van der Waals surface area (Å²) in [6.07, 6.45) is 6.30. The fraction of sp³-hybridized carbons (Fsp3) is 0.308. The molecule has 1 N–H and O–H groups in total. The molecule has 14 heteroatoms. The number of rotatable bonds is 5. The second kappa shape index (κ2) is 9.77. The Hall–Kier alpha value is -4.75. The van der Waals surface area contributed by atoms with Crippen molar-refractivity contribution >= 4 is 17.4 Å². The summed E-state index contributed by atoms with van der Waals surface area (Å²) in [5.74, 6) is 0.691. The van der Waals surface area contributed by atoms with Crippen LogP contribution in [0.1, 0.15) is 47.4 Å². The van der Waals surface area contributed by atoms with Crippen LogP contribution in [0.25, 0.3) is 17.2 Å². The van der Waals surface area contributed by atoms with E-state index < -0.39 is 11.7 Å². The minimum absolute atomic E-state index is 0.128. The van der Waals surface area contributed by atoms with E-state index in [0.29, 0.717) is 42.4 Å². The second-order valence-electron chi connectivity index (χ2n) is 9.82. The number of H-pyrrole nitrogens is 1. The molecule has 11 nitrogen and oxygen atoms in total. The molecule has 1 unspecified atom stereocenters. The van der Waals surface area contributed by atoms with Gasteiger partial charge in [0.2, 0.25) is 0 Å². The maximum atomic E-state index is 13.5. The van der Waals surface area contributed by atoms with E-state index in [1.807, 2.05) is 18.7 Å². The number of hydrogen-bond donors (Lipinski definition) is 1. The van der Waals surface area contributed by atoms with Crippen LogP contribution in [0.15, 0.2) is 61.6 Å². The van der Waals surface area contributed by atoms with Gasteiger partial charge in [-0.2, -0.15) is 23.4 Å². The number of carbonyl (C=O) groups is 1. The van der Waals surface area contributed by atoms with E-state index in [9.17, 15) is 18.0 Å². The molecule has 0 bridgehead atoms. The Balaban J connectivity index is 1.30. The van der Waals surface area contributed by atoms with Gasteiger partial charge in [-0.1, -0.05) is 0 Å². The van der Waals surface area contributed by atoms with E-state index in [-0.39, 0.29) is 23.8 Å². The Morgan fingerprint density at radius 2 is 1.93 bits per heavy atom. The summed E-state index contributed by atoms with van der Waals surface area (Å²) in [6.45, 7) is 5.30. The summed E-state index contributed by atoms with van der Waals surface area (Å²) in [6, 6.07) is 3.85. The highest BCUT2D eigenvalue weighted by Crippen LogP contribution is 2.32. The number of piperazine rings is 1. The quantitative estimate of drug-likeness (QED) is 0.352. The molecule has 1 aliphatic heterocycles. The summed E-state index contributed by atoms with van der Waals surface area (Å²) in [7, 11) is 0. The molecule has 6 heterocycles. The summed E-state index contributed by atoms with van der Waals surface area (Å²) >= 11 is 0. The van der Waals surface area contributed by atoms with E-state index in [2.05, 4.69) is 30.2 Å². The standard InChI is InChI=1S/C26H25F3N10O/c1-16(2)39-13-18(11-34-39)25(40)37-8-7-36(15-21(37)17-9-32-33-10-17)23-5-6-30-24(35-23)20-12-31-22-4-3-19(14-38(20)22)26(27,28)29/h3-6,9-14,16,21H,7-8,15H2,1-2H3,(H,32,33). The average Bonchev–Trinajstić information content (AvgIpc) is 3.72. The summed E-state index contributed by atoms with van der Waals surface area (Å²) in [4.78, 5) is 30.6. The van der Waals surface area contributed by atoms with Crippen molar-refractivity contribution in [3.05, 3.63) is 78.3 Å². The third-order valence-electron chi connectivity index (χ3n) is 6.95. The zero-order chi connectivity index (χ0) is 28.0. The van der Waals surface area contributed by atoms with Gasteiger partial charge in [0.25, 0.3) is 5.91 Å². The number of carbonyl (C=O) groups excluding carboxylic acids is 1. The van der Waals surface area contributed by atoms with E-state index in [4.69, 9.17) is 0 Å². The average molecular weight is 551 g/mol. The van der Waals surface area contributed by atoms with Crippen molar-refractivity contribution in [1.82, 2.24) is 44.2 Å². The van der Waals surface area contributed by atoms with Crippen LogP contribution in [-0.2, 0) is 6.18 Å². The molecule has 1 aliphatic rings. The minimum Gasteiger partial charge on any atom is -0.352 e. The number of alkyl halides is 3. The highest BCUT2D eigenvalue weighted by molar-refractivity contribution is 5.94. The number of imidazole rings is 1. The molecule has 0 saturated carbocycles. The van der Waals surface area contributed by atoms with Gasteiger partial charge in [-0.05, 0) is 32.0 Å². The predicted octanol–water partition coefficient (Wildman–Crippen LogP) is 4.01. The van der Waals surface area contributed by atoms with Crippen LogP contribution in [-0.4, -0.2) is 69.8 Å². The molecule has 206 valence electrons. The summed E-state index contributed by atoms with van der Waals surface area (Å²) in [5.41, 5.74) is 1.24. The van der Waals surface area contributed by atoms with Crippen LogP contribution in [0.4, 0.5) is 19.0 Å². The molecule has 6 rings (SSSR count). The first kappa shape index (κ1) is 25.5. The highest BCUT2D eigenvalue weighted by Gasteiger charge is 2.34. The lowest BCUT2D eigenvalue weighted by Gasteiger charge is -2.41. The zero-order valence-corrected chi connectivity index (χ0v) is 21.6. The maximum absolute atomic E-state index is 13.5. The van der Waals surface area contributed by atoms with E-state index >= 15 is 0 Å². The minimum atomic E-state index is -4.49. The van der Waals surface area contributed by atoms with Crippen LogP contribution in [0.2, 0.25) is 0 Å². The molecule has 1 saturated heterocycles. The Labute approximate surface area is 226 Å². The van der Waals surface area contributed by atoms with Crippen molar-refractivity contribution in [1.29, 1.82) is 0 Å². The fourth-order valence-electron chi connectivity index (χ4n) is 4.82. The van der Waals surface area contributed by atoms with Crippen molar-refractivity contribution in [2.24, 2.45) is 0 Å². The first-order valence-electron chi connectivity index (χ1n) is 12.7. The van der Waals surface area contributed by atoms with Crippen LogP contribution < -0.4 is 4.90 Å². The number of nitrogens with zero attached hydrogens (tertiary/aromatic N) is 9.